The second kappa shape index (κ2) is 8.67. The Labute approximate surface area is 164 Å². The average molecular weight is 402 g/mol. The molecule has 0 unspecified atom stereocenters. The summed E-state index contributed by atoms with van der Waals surface area (Å²) < 4.78 is 40.2. The van der Waals surface area contributed by atoms with E-state index in [0.29, 0.717) is 12.8 Å². The van der Waals surface area contributed by atoms with E-state index in [0.717, 1.165) is 11.1 Å². The predicted octanol–water partition coefficient (Wildman–Crippen LogP) is 3.79. The molecule has 1 fully saturated rings. The van der Waals surface area contributed by atoms with E-state index in [-0.39, 0.29) is 30.6 Å². The topological polar surface area (TPSA) is 66.5 Å². The Balaban J connectivity index is 1.58. The summed E-state index contributed by atoms with van der Waals surface area (Å²) in [5, 5.41) is 3.82. The fourth-order valence-corrected chi connectivity index (χ4v) is 4.38. The summed E-state index contributed by atoms with van der Waals surface area (Å²) in [6.45, 7) is 2.34. The number of piperidine rings is 1. The summed E-state index contributed by atoms with van der Waals surface area (Å²) in [6, 6.07) is 13.7. The van der Waals surface area contributed by atoms with Gasteiger partial charge >= 0.3 is 0 Å². The third-order valence-electron chi connectivity index (χ3n) is 4.80. The summed E-state index contributed by atoms with van der Waals surface area (Å²) >= 11 is 0. The van der Waals surface area contributed by atoms with E-state index in [9.17, 15) is 17.6 Å². The van der Waals surface area contributed by atoms with E-state index >= 15 is 0 Å². The molecule has 1 N–H and O–H groups in total. The van der Waals surface area contributed by atoms with Crippen molar-refractivity contribution in [1.29, 1.82) is 0 Å². The van der Waals surface area contributed by atoms with Crippen molar-refractivity contribution in [3.63, 3.8) is 0 Å². The number of sulfonamides is 1. The Morgan fingerprint density at radius 2 is 1.82 bits per heavy atom. The number of carbonyl (C=O) groups is 1. The van der Waals surface area contributed by atoms with Crippen molar-refractivity contribution < 1.29 is 17.6 Å². The first-order chi connectivity index (χ1) is 13.3. The monoisotopic (exact) mass is 402 g/mol. The van der Waals surface area contributed by atoms with Crippen LogP contribution in [0.5, 0.6) is 0 Å². The van der Waals surface area contributed by atoms with E-state index in [4.69, 9.17) is 0 Å². The maximum atomic E-state index is 13.8. The normalized spacial score (nSPS) is 16.4. The van der Waals surface area contributed by atoms with Gasteiger partial charge in [-0.05, 0) is 49.1 Å². The maximum absolute atomic E-state index is 13.8. The number of rotatable bonds is 5. The van der Waals surface area contributed by atoms with Crippen LogP contribution in [0.3, 0.4) is 0 Å². The molecule has 0 radical (unpaired) electrons. The molecular formula is C21H23FN2O3S. The Morgan fingerprint density at radius 3 is 2.50 bits per heavy atom. The lowest BCUT2D eigenvalue weighted by atomic mass is 9.97. The third-order valence-corrected chi connectivity index (χ3v) is 6.36. The number of amides is 1. The van der Waals surface area contributed by atoms with Crippen LogP contribution in [0.2, 0.25) is 0 Å². The highest BCUT2D eigenvalue weighted by Crippen LogP contribution is 2.23. The molecule has 1 aliphatic heterocycles. The van der Waals surface area contributed by atoms with Crippen LogP contribution in [0.1, 0.15) is 24.0 Å². The van der Waals surface area contributed by atoms with Gasteiger partial charge in [0.1, 0.15) is 5.82 Å². The van der Waals surface area contributed by atoms with E-state index in [1.807, 2.05) is 37.3 Å². The van der Waals surface area contributed by atoms with Gasteiger partial charge in [0.15, 0.2) is 0 Å². The van der Waals surface area contributed by atoms with Gasteiger partial charge in [-0.15, -0.1) is 0 Å². The van der Waals surface area contributed by atoms with E-state index in [1.165, 1.54) is 15.8 Å². The standard InChI is InChI=1S/C21H23FN2O3S/c1-16-7-8-19(22)20(15-16)23-21(25)18-9-12-24(13-10-18)28(26,27)14-11-17-5-3-2-4-6-17/h2-8,11,14-15,18H,9-10,12-13H2,1H3,(H,23,25)/b14-11+. The van der Waals surface area contributed by atoms with Crippen molar-refractivity contribution in [2.24, 2.45) is 5.92 Å². The Kier molecular flexibility index (Phi) is 6.26. The first-order valence-electron chi connectivity index (χ1n) is 9.15. The molecule has 0 spiro atoms. The average Bonchev–Trinajstić information content (AvgIpc) is 2.70. The Bertz CT molecular complexity index is 966. The number of hydrogen-bond acceptors (Lipinski definition) is 3. The minimum Gasteiger partial charge on any atom is -0.323 e. The molecule has 0 bridgehead atoms. The molecule has 2 aromatic rings. The van der Waals surface area contributed by atoms with Crippen LogP contribution in [0.15, 0.2) is 53.9 Å². The van der Waals surface area contributed by atoms with Crippen LogP contribution in [-0.2, 0) is 14.8 Å². The highest BCUT2D eigenvalue weighted by Gasteiger charge is 2.30. The highest BCUT2D eigenvalue weighted by molar-refractivity contribution is 7.92. The van der Waals surface area contributed by atoms with Gasteiger partial charge in [0, 0.05) is 24.4 Å². The molecule has 0 aliphatic carbocycles. The summed E-state index contributed by atoms with van der Waals surface area (Å²) in [7, 11) is -3.54. The summed E-state index contributed by atoms with van der Waals surface area (Å²) in [4.78, 5) is 12.4. The van der Waals surface area contributed by atoms with Gasteiger partial charge in [-0.1, -0.05) is 36.4 Å². The lowest BCUT2D eigenvalue weighted by molar-refractivity contribution is -0.120. The van der Waals surface area contributed by atoms with Crippen molar-refractivity contribution in [2.45, 2.75) is 19.8 Å². The number of carbonyl (C=O) groups excluding carboxylic acids is 1. The SMILES string of the molecule is Cc1ccc(F)c(NC(=O)C2CCN(S(=O)(=O)/C=C/c3ccccc3)CC2)c1. The smallest absolute Gasteiger partial charge is 0.236 e. The van der Waals surface area contributed by atoms with Gasteiger partial charge in [0.25, 0.3) is 0 Å². The molecule has 1 amide bonds. The van der Waals surface area contributed by atoms with Crippen molar-refractivity contribution in [2.75, 3.05) is 18.4 Å². The minimum absolute atomic E-state index is 0.158. The zero-order valence-electron chi connectivity index (χ0n) is 15.6. The van der Waals surface area contributed by atoms with Crippen LogP contribution in [0.4, 0.5) is 10.1 Å². The van der Waals surface area contributed by atoms with Crippen LogP contribution in [-0.4, -0.2) is 31.7 Å². The molecule has 3 rings (SSSR count). The zero-order valence-corrected chi connectivity index (χ0v) is 16.5. The summed E-state index contributed by atoms with van der Waals surface area (Å²) in [5.74, 6) is -1.10. The zero-order chi connectivity index (χ0) is 20.1. The number of aryl methyl sites for hydroxylation is 1. The molecule has 1 saturated heterocycles. The van der Waals surface area contributed by atoms with E-state index < -0.39 is 15.8 Å². The van der Waals surface area contributed by atoms with Crippen LogP contribution >= 0.6 is 0 Å². The lowest BCUT2D eigenvalue weighted by Gasteiger charge is -2.29. The van der Waals surface area contributed by atoms with Gasteiger partial charge in [-0.25, -0.2) is 12.8 Å². The maximum Gasteiger partial charge on any atom is 0.236 e. The molecule has 0 saturated carbocycles. The van der Waals surface area contributed by atoms with Crippen molar-refractivity contribution in [1.82, 2.24) is 4.31 Å². The van der Waals surface area contributed by atoms with Gasteiger partial charge < -0.3 is 5.32 Å². The molecule has 2 aromatic carbocycles. The summed E-state index contributed by atoms with van der Waals surface area (Å²) in [5.41, 5.74) is 1.81. The fourth-order valence-electron chi connectivity index (χ4n) is 3.16. The second-order valence-corrected chi connectivity index (χ2v) is 8.72. The van der Waals surface area contributed by atoms with Crippen molar-refractivity contribution in [3.8, 4) is 0 Å². The molecule has 7 heteroatoms. The summed E-state index contributed by atoms with van der Waals surface area (Å²) in [6.07, 6.45) is 2.37. The fraction of sp³-hybridized carbons (Fsp3) is 0.286. The van der Waals surface area contributed by atoms with Crippen molar-refractivity contribution >= 4 is 27.7 Å². The Morgan fingerprint density at radius 1 is 1.14 bits per heavy atom. The molecule has 28 heavy (non-hydrogen) atoms. The van der Waals surface area contributed by atoms with E-state index in [2.05, 4.69) is 5.32 Å². The van der Waals surface area contributed by atoms with Gasteiger partial charge in [-0.3, -0.25) is 4.79 Å². The number of hydrogen-bond donors (Lipinski definition) is 1. The predicted molar refractivity (Wildman–Crippen MR) is 108 cm³/mol. The second-order valence-electron chi connectivity index (χ2n) is 6.90. The number of benzene rings is 2. The number of halogens is 1. The van der Waals surface area contributed by atoms with Gasteiger partial charge in [-0.2, -0.15) is 4.31 Å². The molecule has 0 atom stereocenters. The Hall–Kier alpha value is -2.51. The van der Waals surface area contributed by atoms with Crippen molar-refractivity contribution in [3.05, 3.63) is 70.9 Å². The molecule has 148 valence electrons. The minimum atomic E-state index is -3.54. The third kappa shape index (κ3) is 5.05. The van der Waals surface area contributed by atoms with Crippen LogP contribution in [0, 0.1) is 18.7 Å². The molecule has 5 nitrogen and oxygen atoms in total. The molecule has 1 heterocycles. The van der Waals surface area contributed by atoms with E-state index in [1.54, 1.807) is 18.2 Å². The molecular weight excluding hydrogens is 379 g/mol. The largest absolute Gasteiger partial charge is 0.323 e. The molecule has 0 aromatic heterocycles. The first-order valence-corrected chi connectivity index (χ1v) is 10.7. The van der Waals surface area contributed by atoms with Gasteiger partial charge in [0.05, 0.1) is 5.69 Å². The quantitative estimate of drug-likeness (QED) is 0.828. The number of anilines is 1. The lowest BCUT2D eigenvalue weighted by Crippen LogP contribution is -2.40. The van der Waals surface area contributed by atoms with Crippen LogP contribution < -0.4 is 5.32 Å². The number of nitrogens with zero attached hydrogens (tertiary/aromatic N) is 1. The first kappa shape index (κ1) is 20.2. The van der Waals surface area contributed by atoms with Crippen LogP contribution in [0.25, 0.3) is 6.08 Å². The molecule has 1 aliphatic rings. The highest BCUT2D eigenvalue weighted by atomic mass is 32.2. The number of nitrogens with one attached hydrogen (secondary N) is 1. The van der Waals surface area contributed by atoms with Gasteiger partial charge in [0.2, 0.25) is 15.9 Å².